The molecule has 1 aliphatic rings. The third kappa shape index (κ3) is 3.62. The van der Waals surface area contributed by atoms with Gasteiger partial charge in [-0.3, -0.25) is 4.79 Å². The van der Waals surface area contributed by atoms with Crippen LogP contribution in [0.25, 0.3) is 0 Å². The molecule has 1 saturated heterocycles. The van der Waals surface area contributed by atoms with Gasteiger partial charge in [0.15, 0.2) is 0 Å². The van der Waals surface area contributed by atoms with E-state index < -0.39 is 18.1 Å². The van der Waals surface area contributed by atoms with Crippen molar-refractivity contribution in [2.24, 2.45) is 0 Å². The largest absolute Gasteiger partial charge is 0.480 e. The van der Waals surface area contributed by atoms with Crippen LogP contribution in [0.3, 0.4) is 0 Å². The van der Waals surface area contributed by atoms with Crippen molar-refractivity contribution in [2.45, 2.75) is 18.6 Å². The van der Waals surface area contributed by atoms with Gasteiger partial charge < -0.3 is 20.0 Å². The summed E-state index contributed by atoms with van der Waals surface area (Å²) in [6.07, 6.45) is 0.732. The van der Waals surface area contributed by atoms with E-state index in [9.17, 15) is 14.7 Å². The Morgan fingerprint density at radius 2 is 2.24 bits per heavy atom. The topological polar surface area (TPSA) is 94.0 Å². The number of carboxylic acids is 1. The first-order valence-corrected chi connectivity index (χ1v) is 6.79. The number of anilines is 1. The van der Waals surface area contributed by atoms with Gasteiger partial charge in [-0.1, -0.05) is 11.6 Å². The van der Waals surface area contributed by atoms with E-state index in [1.165, 1.54) is 11.1 Å². The van der Waals surface area contributed by atoms with Crippen LogP contribution in [-0.4, -0.2) is 64.3 Å². The zero-order chi connectivity index (χ0) is 15.6. The highest BCUT2D eigenvalue weighted by molar-refractivity contribution is 6.30. The third-order valence-corrected chi connectivity index (χ3v) is 3.58. The van der Waals surface area contributed by atoms with Crippen LogP contribution in [0.5, 0.6) is 0 Å². The maximum atomic E-state index is 12.2. The Kier molecular flexibility index (Phi) is 4.64. The maximum absolute atomic E-state index is 12.2. The SMILES string of the molecule is CN(CC(=O)N1CC(O)CC1C(=O)O)c1ccc(Cl)cn1. The van der Waals surface area contributed by atoms with Crippen LogP contribution in [0, 0.1) is 0 Å². The maximum Gasteiger partial charge on any atom is 0.326 e. The molecule has 2 unspecified atom stereocenters. The highest BCUT2D eigenvalue weighted by Crippen LogP contribution is 2.19. The molecule has 1 amide bonds. The summed E-state index contributed by atoms with van der Waals surface area (Å²) in [5.74, 6) is -0.912. The van der Waals surface area contributed by atoms with Gasteiger partial charge in [-0.25, -0.2) is 9.78 Å². The van der Waals surface area contributed by atoms with Crippen LogP contribution in [0.4, 0.5) is 5.82 Å². The van der Waals surface area contributed by atoms with Gasteiger partial charge in [0.25, 0.3) is 0 Å². The monoisotopic (exact) mass is 313 g/mol. The molecule has 0 radical (unpaired) electrons. The molecule has 0 aliphatic carbocycles. The second-order valence-corrected chi connectivity index (χ2v) is 5.42. The summed E-state index contributed by atoms with van der Waals surface area (Å²) in [7, 11) is 1.68. The number of aromatic nitrogens is 1. The average Bonchev–Trinajstić information content (AvgIpc) is 2.82. The minimum absolute atomic E-state index is 0.0227. The number of hydrogen-bond acceptors (Lipinski definition) is 5. The van der Waals surface area contributed by atoms with Crippen LogP contribution in [0.2, 0.25) is 5.02 Å². The molecule has 2 heterocycles. The number of aliphatic carboxylic acids is 1. The number of hydrogen-bond donors (Lipinski definition) is 2. The number of likely N-dealkylation sites (N-methyl/N-ethyl adjacent to an activating group) is 1. The van der Waals surface area contributed by atoms with Crippen LogP contribution >= 0.6 is 11.6 Å². The predicted octanol–water partition coefficient (Wildman–Crippen LogP) is 0.218. The van der Waals surface area contributed by atoms with Crippen LogP contribution in [0.1, 0.15) is 6.42 Å². The molecule has 114 valence electrons. The first kappa shape index (κ1) is 15.5. The molecule has 1 aromatic rings. The van der Waals surface area contributed by atoms with Gasteiger partial charge in [-0.2, -0.15) is 0 Å². The molecule has 0 saturated carbocycles. The van der Waals surface area contributed by atoms with E-state index in [1.54, 1.807) is 24.1 Å². The number of halogens is 1. The minimum atomic E-state index is -1.10. The second-order valence-electron chi connectivity index (χ2n) is 4.98. The van der Waals surface area contributed by atoms with Crippen molar-refractivity contribution >= 4 is 29.3 Å². The van der Waals surface area contributed by atoms with Crippen molar-refractivity contribution in [3.63, 3.8) is 0 Å². The van der Waals surface area contributed by atoms with E-state index in [-0.39, 0.29) is 25.4 Å². The fraction of sp³-hybridized carbons (Fsp3) is 0.462. The van der Waals surface area contributed by atoms with Crippen LogP contribution < -0.4 is 4.90 Å². The van der Waals surface area contributed by atoms with Gasteiger partial charge in [-0.15, -0.1) is 0 Å². The third-order valence-electron chi connectivity index (χ3n) is 3.36. The predicted molar refractivity (Wildman–Crippen MR) is 76.3 cm³/mol. The second kappa shape index (κ2) is 6.28. The zero-order valence-corrected chi connectivity index (χ0v) is 12.2. The fourth-order valence-electron chi connectivity index (χ4n) is 2.29. The molecule has 0 bridgehead atoms. The molecular formula is C13H16ClN3O4. The molecule has 1 aliphatic heterocycles. The first-order valence-electron chi connectivity index (χ1n) is 6.41. The van der Waals surface area contributed by atoms with Gasteiger partial charge in [-0.05, 0) is 12.1 Å². The van der Waals surface area contributed by atoms with Crippen molar-refractivity contribution in [2.75, 3.05) is 25.0 Å². The van der Waals surface area contributed by atoms with Gasteiger partial charge in [0.2, 0.25) is 5.91 Å². The fourth-order valence-corrected chi connectivity index (χ4v) is 2.40. The molecule has 2 N–H and O–H groups in total. The van der Waals surface area contributed by atoms with Crippen molar-refractivity contribution in [1.29, 1.82) is 0 Å². The standard InChI is InChI=1S/C13H16ClN3O4/c1-16(11-3-2-8(14)5-15-11)7-12(19)17-6-9(18)4-10(17)13(20)21/h2-3,5,9-10,18H,4,6-7H2,1H3,(H,20,21). The Balaban J connectivity index is 2.03. The summed E-state index contributed by atoms with van der Waals surface area (Å²) in [5, 5.41) is 19.1. The van der Waals surface area contributed by atoms with Gasteiger partial charge >= 0.3 is 5.97 Å². The van der Waals surface area contributed by atoms with Crippen molar-refractivity contribution in [3.05, 3.63) is 23.4 Å². The summed E-state index contributed by atoms with van der Waals surface area (Å²) in [4.78, 5) is 30.2. The molecule has 0 spiro atoms. The van der Waals surface area contributed by atoms with Crippen LogP contribution in [0.15, 0.2) is 18.3 Å². The summed E-state index contributed by atoms with van der Waals surface area (Å²) in [6, 6.07) is 2.35. The Bertz CT molecular complexity index is 537. The smallest absolute Gasteiger partial charge is 0.326 e. The Morgan fingerprint density at radius 3 is 2.81 bits per heavy atom. The lowest BCUT2D eigenvalue weighted by Crippen LogP contribution is -2.45. The van der Waals surface area contributed by atoms with E-state index in [0.29, 0.717) is 10.8 Å². The van der Waals surface area contributed by atoms with Gasteiger partial charge in [0.05, 0.1) is 17.7 Å². The van der Waals surface area contributed by atoms with E-state index >= 15 is 0 Å². The molecule has 1 aromatic heterocycles. The molecular weight excluding hydrogens is 298 g/mol. The van der Waals surface area contributed by atoms with E-state index in [2.05, 4.69) is 4.98 Å². The average molecular weight is 314 g/mol. The molecule has 0 aromatic carbocycles. The first-order chi connectivity index (χ1) is 9.88. The van der Waals surface area contributed by atoms with E-state index in [0.717, 1.165) is 0 Å². The lowest BCUT2D eigenvalue weighted by atomic mass is 10.2. The Morgan fingerprint density at radius 1 is 1.52 bits per heavy atom. The number of carbonyl (C=O) groups excluding carboxylic acids is 1. The molecule has 21 heavy (non-hydrogen) atoms. The van der Waals surface area contributed by atoms with Crippen molar-refractivity contribution in [3.8, 4) is 0 Å². The Hall–Kier alpha value is -1.86. The number of pyridine rings is 1. The lowest BCUT2D eigenvalue weighted by Gasteiger charge is -2.25. The Labute approximate surface area is 126 Å². The summed E-state index contributed by atoms with van der Waals surface area (Å²) in [5.41, 5.74) is 0. The molecule has 2 atom stereocenters. The molecule has 7 nitrogen and oxygen atoms in total. The minimum Gasteiger partial charge on any atom is -0.480 e. The number of β-amino-alcohol motifs (C(OH)–C–C–N with tert-alkyl or cyclic N) is 1. The number of aliphatic hydroxyl groups excluding tert-OH is 1. The quantitative estimate of drug-likeness (QED) is 0.826. The summed E-state index contributed by atoms with van der Waals surface area (Å²) >= 11 is 5.75. The van der Waals surface area contributed by atoms with Crippen molar-refractivity contribution in [1.82, 2.24) is 9.88 Å². The molecule has 8 heteroatoms. The number of rotatable bonds is 4. The van der Waals surface area contributed by atoms with Crippen LogP contribution in [-0.2, 0) is 9.59 Å². The summed E-state index contributed by atoms with van der Waals surface area (Å²) < 4.78 is 0. The normalized spacial score (nSPS) is 21.4. The highest BCUT2D eigenvalue weighted by atomic mass is 35.5. The number of nitrogens with zero attached hydrogens (tertiary/aromatic N) is 3. The highest BCUT2D eigenvalue weighted by Gasteiger charge is 2.38. The van der Waals surface area contributed by atoms with E-state index in [4.69, 9.17) is 16.7 Å². The zero-order valence-electron chi connectivity index (χ0n) is 11.4. The van der Waals surface area contributed by atoms with Gasteiger partial charge in [0.1, 0.15) is 11.9 Å². The number of aliphatic hydroxyl groups is 1. The number of amides is 1. The molecule has 2 rings (SSSR count). The number of carboxylic acid groups (broad SMARTS) is 1. The molecule has 1 fully saturated rings. The number of likely N-dealkylation sites (tertiary alicyclic amines) is 1. The number of carbonyl (C=O) groups is 2. The summed E-state index contributed by atoms with van der Waals surface area (Å²) in [6.45, 7) is 0.0167. The van der Waals surface area contributed by atoms with Gasteiger partial charge in [0, 0.05) is 26.2 Å². The van der Waals surface area contributed by atoms with Crippen molar-refractivity contribution < 1.29 is 19.8 Å². The lowest BCUT2D eigenvalue weighted by molar-refractivity contribution is -0.147. The van der Waals surface area contributed by atoms with E-state index in [1.807, 2.05) is 0 Å².